The first-order valence-electron chi connectivity index (χ1n) is 5.37. The van der Waals surface area contributed by atoms with E-state index in [2.05, 4.69) is 12.1 Å². The van der Waals surface area contributed by atoms with Crippen molar-refractivity contribution in [2.45, 2.75) is 19.3 Å². The van der Waals surface area contributed by atoms with Crippen LogP contribution in [0.3, 0.4) is 0 Å². The van der Waals surface area contributed by atoms with E-state index in [1.54, 1.807) is 11.3 Å². The van der Waals surface area contributed by atoms with Crippen LogP contribution in [-0.2, 0) is 0 Å². The quantitative estimate of drug-likeness (QED) is 0.696. The molecule has 0 spiro atoms. The lowest BCUT2D eigenvalue weighted by molar-refractivity contribution is 0.0857. The molecule has 3 rings (SSSR count). The van der Waals surface area contributed by atoms with Crippen LogP contribution in [0, 0.1) is 5.92 Å². The molecule has 2 heteroatoms. The molecule has 1 aromatic carbocycles. The Morgan fingerprint density at radius 1 is 1.27 bits per heavy atom. The summed E-state index contributed by atoms with van der Waals surface area (Å²) < 4.78 is 1.22. The molecule has 0 unspecified atom stereocenters. The third-order valence-corrected chi connectivity index (χ3v) is 4.19. The maximum Gasteiger partial charge on any atom is 0.167 e. The van der Waals surface area contributed by atoms with Gasteiger partial charge in [-0.1, -0.05) is 24.6 Å². The van der Waals surface area contributed by atoms with Crippen molar-refractivity contribution in [2.24, 2.45) is 5.92 Å². The molecular formula is C13H12OS. The Morgan fingerprint density at radius 3 is 2.80 bits per heavy atom. The smallest absolute Gasteiger partial charge is 0.167 e. The Balaban J connectivity index is 2.06. The van der Waals surface area contributed by atoms with E-state index in [1.807, 2.05) is 17.5 Å². The van der Waals surface area contributed by atoms with Crippen molar-refractivity contribution in [2.75, 3.05) is 0 Å². The first kappa shape index (κ1) is 9.10. The maximum absolute atomic E-state index is 12.1. The molecule has 0 atom stereocenters. The van der Waals surface area contributed by atoms with Crippen molar-refractivity contribution in [1.29, 1.82) is 0 Å². The summed E-state index contributed by atoms with van der Waals surface area (Å²) in [5.41, 5.74) is 0.945. The lowest BCUT2D eigenvalue weighted by atomic mass is 9.80. The minimum absolute atomic E-state index is 0.308. The van der Waals surface area contributed by atoms with Crippen LogP contribution >= 0.6 is 11.3 Å². The van der Waals surface area contributed by atoms with Gasteiger partial charge in [0.05, 0.1) is 0 Å². The average Bonchev–Trinajstić information content (AvgIpc) is 2.58. The van der Waals surface area contributed by atoms with Gasteiger partial charge >= 0.3 is 0 Å². The summed E-state index contributed by atoms with van der Waals surface area (Å²) >= 11 is 1.67. The number of fused-ring (bicyclic) bond motifs is 1. The molecule has 0 bridgehead atoms. The Morgan fingerprint density at radius 2 is 2.07 bits per heavy atom. The van der Waals surface area contributed by atoms with Crippen molar-refractivity contribution < 1.29 is 4.79 Å². The van der Waals surface area contributed by atoms with Gasteiger partial charge < -0.3 is 0 Å². The van der Waals surface area contributed by atoms with Crippen molar-refractivity contribution in [3.8, 4) is 0 Å². The Hall–Kier alpha value is -1.15. The fourth-order valence-electron chi connectivity index (χ4n) is 2.06. The Bertz CT molecular complexity index is 508. The van der Waals surface area contributed by atoms with Gasteiger partial charge in [0.15, 0.2) is 5.78 Å². The van der Waals surface area contributed by atoms with Crippen LogP contribution in [0.15, 0.2) is 29.6 Å². The zero-order chi connectivity index (χ0) is 10.3. The fourth-order valence-corrected chi connectivity index (χ4v) is 3.01. The molecule has 1 aliphatic rings. The highest BCUT2D eigenvalue weighted by Crippen LogP contribution is 2.34. The zero-order valence-corrected chi connectivity index (χ0v) is 9.22. The number of carbonyl (C=O) groups is 1. The van der Waals surface area contributed by atoms with Crippen LogP contribution in [0.4, 0.5) is 0 Å². The summed E-state index contributed by atoms with van der Waals surface area (Å²) in [4.78, 5) is 12.1. The van der Waals surface area contributed by atoms with E-state index >= 15 is 0 Å². The van der Waals surface area contributed by atoms with Gasteiger partial charge in [0.25, 0.3) is 0 Å². The molecule has 1 aliphatic carbocycles. The molecule has 0 amide bonds. The predicted octanol–water partition coefficient (Wildman–Crippen LogP) is 3.88. The number of Topliss-reactive ketones (excluding diaryl/α,β-unsaturated/α-hetero) is 1. The largest absolute Gasteiger partial charge is 0.294 e. The highest BCUT2D eigenvalue weighted by Gasteiger charge is 2.27. The molecule has 1 heterocycles. The SMILES string of the molecule is O=C(c1csc2ccccc12)C1CCC1. The first-order valence-corrected chi connectivity index (χ1v) is 6.24. The van der Waals surface area contributed by atoms with Crippen molar-refractivity contribution in [1.82, 2.24) is 0 Å². The number of hydrogen-bond donors (Lipinski definition) is 0. The second-order valence-electron chi connectivity index (χ2n) is 4.14. The number of ketones is 1. The van der Waals surface area contributed by atoms with E-state index in [1.165, 1.54) is 11.1 Å². The van der Waals surface area contributed by atoms with Gasteiger partial charge in [0.2, 0.25) is 0 Å². The fraction of sp³-hybridized carbons (Fsp3) is 0.308. The minimum atomic E-state index is 0.308. The van der Waals surface area contributed by atoms with Gasteiger partial charge in [-0.3, -0.25) is 4.79 Å². The first-order chi connectivity index (χ1) is 7.36. The van der Waals surface area contributed by atoms with Crippen LogP contribution in [-0.4, -0.2) is 5.78 Å². The molecule has 1 aromatic heterocycles. The Kier molecular flexibility index (Phi) is 2.10. The summed E-state index contributed by atoms with van der Waals surface area (Å²) in [6.07, 6.45) is 3.39. The van der Waals surface area contributed by atoms with Crippen LogP contribution in [0.5, 0.6) is 0 Å². The highest BCUT2D eigenvalue weighted by molar-refractivity contribution is 7.17. The topological polar surface area (TPSA) is 17.1 Å². The molecule has 0 aliphatic heterocycles. The van der Waals surface area contributed by atoms with Crippen molar-refractivity contribution in [3.05, 3.63) is 35.2 Å². The number of thiophene rings is 1. The van der Waals surface area contributed by atoms with E-state index in [4.69, 9.17) is 0 Å². The summed E-state index contributed by atoms with van der Waals surface area (Å²) in [5, 5.41) is 3.16. The molecule has 0 radical (unpaired) electrons. The molecule has 0 N–H and O–H groups in total. The summed E-state index contributed by atoms with van der Waals surface area (Å²) in [7, 11) is 0. The number of rotatable bonds is 2. The molecule has 1 saturated carbocycles. The van der Waals surface area contributed by atoms with Gasteiger partial charge in [0.1, 0.15) is 0 Å². The van der Waals surface area contributed by atoms with E-state index in [0.717, 1.165) is 23.8 Å². The molecular weight excluding hydrogens is 204 g/mol. The minimum Gasteiger partial charge on any atom is -0.294 e. The van der Waals surface area contributed by atoms with E-state index in [-0.39, 0.29) is 0 Å². The third-order valence-electron chi connectivity index (χ3n) is 3.22. The van der Waals surface area contributed by atoms with Gasteiger partial charge in [-0.2, -0.15) is 0 Å². The molecule has 1 fully saturated rings. The van der Waals surface area contributed by atoms with Crippen molar-refractivity contribution in [3.63, 3.8) is 0 Å². The molecule has 15 heavy (non-hydrogen) atoms. The van der Waals surface area contributed by atoms with E-state index in [9.17, 15) is 4.79 Å². The molecule has 0 saturated heterocycles. The summed E-state index contributed by atoms with van der Waals surface area (Å²) in [5.74, 6) is 0.668. The second-order valence-corrected chi connectivity index (χ2v) is 5.05. The summed E-state index contributed by atoms with van der Waals surface area (Å²) in [6.45, 7) is 0. The van der Waals surface area contributed by atoms with Gasteiger partial charge in [0, 0.05) is 26.9 Å². The second kappa shape index (κ2) is 3.46. The Labute approximate surface area is 92.7 Å². The van der Waals surface area contributed by atoms with E-state index < -0.39 is 0 Å². The van der Waals surface area contributed by atoms with Crippen LogP contribution in [0.1, 0.15) is 29.6 Å². The maximum atomic E-state index is 12.1. The number of benzene rings is 1. The predicted molar refractivity (Wildman–Crippen MR) is 63.5 cm³/mol. The molecule has 1 nitrogen and oxygen atoms in total. The van der Waals surface area contributed by atoms with Crippen LogP contribution in [0.25, 0.3) is 10.1 Å². The van der Waals surface area contributed by atoms with E-state index in [0.29, 0.717) is 11.7 Å². The lowest BCUT2D eigenvalue weighted by Gasteiger charge is -2.23. The van der Waals surface area contributed by atoms with Gasteiger partial charge in [-0.05, 0) is 18.9 Å². The summed E-state index contributed by atoms with van der Waals surface area (Å²) in [6, 6.07) is 8.17. The number of hydrogen-bond acceptors (Lipinski definition) is 2. The normalized spacial score (nSPS) is 16.5. The molecule has 76 valence electrons. The average molecular weight is 216 g/mol. The monoisotopic (exact) mass is 216 g/mol. The van der Waals surface area contributed by atoms with Crippen LogP contribution in [0.2, 0.25) is 0 Å². The van der Waals surface area contributed by atoms with Gasteiger partial charge in [-0.15, -0.1) is 11.3 Å². The zero-order valence-electron chi connectivity index (χ0n) is 8.40. The third kappa shape index (κ3) is 1.40. The standard InChI is InChI=1S/C13H12OS/c14-13(9-4-3-5-9)11-8-15-12-7-2-1-6-10(11)12/h1-2,6-9H,3-5H2. The highest BCUT2D eigenvalue weighted by atomic mass is 32.1. The number of carbonyl (C=O) groups excluding carboxylic acids is 1. The van der Waals surface area contributed by atoms with Crippen molar-refractivity contribution >= 4 is 27.2 Å². The lowest BCUT2D eigenvalue weighted by Crippen LogP contribution is -2.21. The van der Waals surface area contributed by atoms with Gasteiger partial charge in [-0.25, -0.2) is 0 Å². The van der Waals surface area contributed by atoms with Crippen LogP contribution < -0.4 is 0 Å². The molecule has 2 aromatic rings.